The van der Waals surface area contributed by atoms with Gasteiger partial charge < -0.3 is 26.8 Å². The molecule has 0 aromatic heterocycles. The van der Waals surface area contributed by atoms with E-state index < -0.39 is 28.9 Å². The van der Waals surface area contributed by atoms with Crippen LogP contribution in [-0.2, 0) is 25.4 Å². The second-order valence-corrected chi connectivity index (χ2v) is 8.99. The Kier molecular flexibility index (Phi) is 10.4. The highest BCUT2D eigenvalue weighted by Crippen LogP contribution is 2.25. The third-order valence-electron chi connectivity index (χ3n) is 5.17. The number of carboxylic acid groups (broad SMARTS) is 1. The molecule has 3 atom stereocenters. The Morgan fingerprint density at radius 3 is 2.62 bits per heavy atom. The summed E-state index contributed by atoms with van der Waals surface area (Å²) in [5.74, 6) is -1.60. The summed E-state index contributed by atoms with van der Waals surface area (Å²) < 4.78 is 14.9. The van der Waals surface area contributed by atoms with Crippen LogP contribution >= 0.6 is 0 Å². The van der Waals surface area contributed by atoms with E-state index >= 15 is 0 Å². The van der Waals surface area contributed by atoms with Crippen molar-refractivity contribution in [3.05, 3.63) is 53.8 Å². The summed E-state index contributed by atoms with van der Waals surface area (Å²) in [4.78, 5) is 41.8. The van der Waals surface area contributed by atoms with Crippen molar-refractivity contribution in [1.82, 2.24) is 14.9 Å². The summed E-state index contributed by atoms with van der Waals surface area (Å²) in [5.41, 5.74) is 11.7. The van der Waals surface area contributed by atoms with Crippen molar-refractivity contribution in [2.24, 2.45) is 22.4 Å². The number of benzene rings is 1. The number of aldehydes is 1. The molecule has 1 aromatic rings. The second kappa shape index (κ2) is 13.3. The number of carbonyl (C=O) groups excluding carboxylic acids is 2. The predicted octanol–water partition coefficient (Wildman–Crippen LogP) is -0.507. The number of carboxylic acids is 1. The van der Waals surface area contributed by atoms with Crippen LogP contribution in [0, 0.1) is 5.92 Å². The van der Waals surface area contributed by atoms with Gasteiger partial charge in [-0.25, -0.2) is 8.93 Å². The molecule has 1 aliphatic heterocycles. The number of nitrogens with zero attached hydrogens (tertiary/aromatic N) is 2. The molecule has 0 radical (unpaired) electrons. The number of piperidine rings is 1. The summed E-state index contributed by atoms with van der Waals surface area (Å²) in [6.45, 7) is 0.850. The highest BCUT2D eigenvalue weighted by atomic mass is 32.2. The van der Waals surface area contributed by atoms with Crippen LogP contribution in [-0.4, -0.2) is 71.1 Å². The number of aliphatic imine (C=N–C) groups is 1. The number of aliphatic carboxylic acids is 1. The highest BCUT2D eigenvalue weighted by Gasteiger charge is 2.24. The van der Waals surface area contributed by atoms with Gasteiger partial charge in [0.2, 0.25) is 0 Å². The fourth-order valence-corrected chi connectivity index (χ4v) is 4.35. The summed E-state index contributed by atoms with van der Waals surface area (Å²) in [6.07, 6.45) is 4.67. The molecule has 2 rings (SSSR count). The Balaban J connectivity index is 2.01. The van der Waals surface area contributed by atoms with Crippen LogP contribution in [0.3, 0.4) is 0 Å². The lowest BCUT2D eigenvalue weighted by molar-refractivity contribution is -0.138. The second-order valence-electron chi connectivity index (χ2n) is 7.75. The number of amides is 1. The topological polar surface area (TPSA) is 180 Å². The zero-order valence-corrected chi connectivity index (χ0v) is 19.7. The lowest BCUT2D eigenvalue weighted by Gasteiger charge is -2.33. The van der Waals surface area contributed by atoms with Gasteiger partial charge in [-0.15, -0.1) is 0 Å². The largest absolute Gasteiger partial charge is 0.480 e. The zero-order valence-electron chi connectivity index (χ0n) is 18.8. The maximum absolute atomic E-state index is 12.7. The van der Waals surface area contributed by atoms with Gasteiger partial charge >= 0.3 is 5.97 Å². The van der Waals surface area contributed by atoms with Crippen molar-refractivity contribution in [3.63, 3.8) is 0 Å². The Labute approximate surface area is 200 Å². The minimum absolute atomic E-state index is 0.0404. The molecule has 34 heavy (non-hydrogen) atoms. The molecule has 1 aliphatic rings. The number of allylic oxidation sites excluding steroid dienone is 2. The maximum Gasteiger partial charge on any atom is 0.323 e. The molecule has 1 aromatic carbocycles. The molecule has 1 amide bonds. The van der Waals surface area contributed by atoms with Gasteiger partial charge in [-0.05, 0) is 43.0 Å². The lowest BCUT2D eigenvalue weighted by atomic mass is 9.95. The Bertz CT molecular complexity index is 991. The lowest BCUT2D eigenvalue weighted by Crippen LogP contribution is -2.46. The van der Waals surface area contributed by atoms with E-state index in [1.54, 1.807) is 36.4 Å². The fourth-order valence-electron chi connectivity index (χ4n) is 3.36. The van der Waals surface area contributed by atoms with E-state index in [1.165, 1.54) is 0 Å². The monoisotopic (exact) mass is 490 g/mol. The van der Waals surface area contributed by atoms with Crippen LogP contribution in [0.4, 0.5) is 0 Å². The zero-order chi connectivity index (χ0) is 25.1. The molecule has 11 nitrogen and oxygen atoms in total. The van der Waals surface area contributed by atoms with Crippen molar-refractivity contribution in [1.29, 1.82) is 0 Å². The Morgan fingerprint density at radius 1 is 1.32 bits per heavy atom. The first-order chi connectivity index (χ1) is 16.2. The summed E-state index contributed by atoms with van der Waals surface area (Å²) >= 11 is 0. The van der Waals surface area contributed by atoms with Crippen molar-refractivity contribution in [2.75, 3.05) is 26.7 Å². The predicted molar refractivity (Wildman–Crippen MR) is 129 cm³/mol. The van der Waals surface area contributed by atoms with E-state index in [0.29, 0.717) is 30.7 Å². The van der Waals surface area contributed by atoms with Crippen LogP contribution in [0.1, 0.15) is 12.8 Å². The van der Waals surface area contributed by atoms with Gasteiger partial charge in [0, 0.05) is 38.0 Å². The molecule has 12 heteroatoms. The fraction of sp³-hybridized carbons (Fsp3) is 0.364. The van der Waals surface area contributed by atoms with E-state index in [2.05, 4.69) is 15.0 Å². The third kappa shape index (κ3) is 8.45. The third-order valence-corrected chi connectivity index (χ3v) is 6.37. The minimum atomic E-state index is -1.78. The van der Waals surface area contributed by atoms with E-state index in [9.17, 15) is 23.7 Å². The van der Waals surface area contributed by atoms with Crippen molar-refractivity contribution < 1.29 is 23.7 Å². The van der Waals surface area contributed by atoms with E-state index in [0.717, 1.165) is 18.2 Å². The minimum Gasteiger partial charge on any atom is -0.480 e. The summed E-state index contributed by atoms with van der Waals surface area (Å²) in [6, 6.07) is 7.01. The van der Waals surface area contributed by atoms with E-state index in [1.807, 2.05) is 11.9 Å². The molecule has 184 valence electrons. The van der Waals surface area contributed by atoms with Gasteiger partial charge in [-0.3, -0.25) is 19.4 Å². The normalized spacial score (nSPS) is 19.2. The summed E-state index contributed by atoms with van der Waals surface area (Å²) in [5, 5.41) is 12.0. The Morgan fingerprint density at radius 2 is 2.03 bits per heavy atom. The SMILES string of the molecule is CN1CC(CN=C(N)N)CC/C1=C/C(=C\C=O)C(=O)NCC(NS(=O)c1ccccc1)C(=O)O. The average molecular weight is 491 g/mol. The molecule has 1 heterocycles. The van der Waals surface area contributed by atoms with Gasteiger partial charge in [-0.2, -0.15) is 0 Å². The molecule has 0 spiro atoms. The van der Waals surface area contributed by atoms with E-state index in [-0.39, 0.29) is 24.0 Å². The summed E-state index contributed by atoms with van der Waals surface area (Å²) in [7, 11) is 0.0903. The molecule has 0 saturated carbocycles. The van der Waals surface area contributed by atoms with Crippen molar-refractivity contribution in [3.8, 4) is 0 Å². The number of carbonyl (C=O) groups is 3. The van der Waals surface area contributed by atoms with Crippen LogP contribution in [0.2, 0.25) is 0 Å². The molecular weight excluding hydrogens is 460 g/mol. The van der Waals surface area contributed by atoms with Gasteiger partial charge in [0.1, 0.15) is 23.3 Å². The van der Waals surface area contributed by atoms with Gasteiger partial charge in [0.15, 0.2) is 5.96 Å². The van der Waals surface area contributed by atoms with E-state index in [4.69, 9.17) is 11.5 Å². The molecular formula is C22H30N6O5S. The average Bonchev–Trinajstić information content (AvgIpc) is 2.81. The number of hydrogen-bond donors (Lipinski definition) is 5. The highest BCUT2D eigenvalue weighted by molar-refractivity contribution is 7.83. The number of rotatable bonds is 11. The van der Waals surface area contributed by atoms with Crippen LogP contribution in [0.25, 0.3) is 0 Å². The molecule has 1 saturated heterocycles. The number of hydrogen-bond acceptors (Lipinski definition) is 6. The first-order valence-corrected chi connectivity index (χ1v) is 11.7. The van der Waals surface area contributed by atoms with Crippen molar-refractivity contribution in [2.45, 2.75) is 23.8 Å². The standard InChI is InChI=1S/C22H30N6O5S/c1-28-14-15(12-26-22(23)24)7-8-17(28)11-16(9-10-29)20(30)25-13-19(21(31)32)27-34(33)18-5-3-2-4-6-18/h2-6,9-11,15,19,27H,7-8,12-14H2,1H3,(H,25,30)(H,31,32)(H4,23,24,26)/b16-9+,17-11-. The Hall–Kier alpha value is -3.51. The first kappa shape index (κ1) is 26.7. The maximum atomic E-state index is 12.7. The smallest absolute Gasteiger partial charge is 0.323 e. The first-order valence-electron chi connectivity index (χ1n) is 10.6. The molecule has 0 bridgehead atoms. The quantitative estimate of drug-likeness (QED) is 0.119. The molecule has 7 N–H and O–H groups in total. The molecule has 3 unspecified atom stereocenters. The molecule has 0 aliphatic carbocycles. The number of likely N-dealkylation sites (tertiary alicyclic amines) is 1. The van der Waals surface area contributed by atoms with Gasteiger partial charge in [0.05, 0.1) is 4.90 Å². The number of guanidine groups is 1. The number of nitrogens with two attached hydrogens (primary N) is 2. The van der Waals surface area contributed by atoms with Gasteiger partial charge in [0.25, 0.3) is 5.91 Å². The van der Waals surface area contributed by atoms with Crippen LogP contribution < -0.4 is 21.5 Å². The number of nitrogens with one attached hydrogen (secondary N) is 2. The van der Waals surface area contributed by atoms with Gasteiger partial charge in [-0.1, -0.05) is 18.2 Å². The van der Waals surface area contributed by atoms with Crippen molar-refractivity contribution >= 4 is 35.1 Å². The molecule has 1 fully saturated rings. The van der Waals surface area contributed by atoms with Crippen LogP contribution in [0.5, 0.6) is 0 Å². The van der Waals surface area contributed by atoms with Crippen LogP contribution in [0.15, 0.2) is 63.6 Å².